The van der Waals surface area contributed by atoms with Gasteiger partial charge in [-0.25, -0.2) is 0 Å². The Labute approximate surface area is 218 Å². The van der Waals surface area contributed by atoms with E-state index in [1.165, 1.54) is 11.1 Å². The Kier molecular flexibility index (Phi) is 4.45. The van der Waals surface area contributed by atoms with E-state index in [9.17, 15) is 10.2 Å². The molecule has 0 radical (unpaired) electrons. The molecule has 4 aromatic carbocycles. The Morgan fingerprint density at radius 2 is 1.05 bits per heavy atom. The largest absolute Gasteiger partial charge is 0.504 e. The summed E-state index contributed by atoms with van der Waals surface area (Å²) < 4.78 is 12.8. The van der Waals surface area contributed by atoms with Crippen LogP contribution in [0.1, 0.15) is 35.1 Å². The topological polar surface area (TPSA) is 66.7 Å². The summed E-state index contributed by atoms with van der Waals surface area (Å²) in [4.78, 5) is 0. The van der Waals surface area contributed by atoms with Crippen LogP contribution in [-0.2, 0) is 12.8 Å². The van der Waals surface area contributed by atoms with Crippen molar-refractivity contribution in [1.82, 2.24) is 0 Å². The van der Waals surface area contributed by atoms with E-state index in [1.54, 1.807) is 0 Å². The summed E-state index contributed by atoms with van der Waals surface area (Å²) in [6.45, 7) is 0. The third-order valence-corrected chi connectivity index (χ3v) is 8.01. The number of aromatic hydroxyl groups is 2. The number of hydrogen-bond acceptors (Lipinski definition) is 4. The Morgan fingerprint density at radius 3 is 1.53 bits per heavy atom. The minimum Gasteiger partial charge on any atom is -0.504 e. The van der Waals surface area contributed by atoms with Gasteiger partial charge in [0.05, 0.1) is 10.8 Å². The zero-order valence-corrected chi connectivity index (χ0v) is 20.6. The number of benzene rings is 4. The molecule has 2 N–H and O–H groups in total. The van der Waals surface area contributed by atoms with E-state index in [0.29, 0.717) is 33.5 Å². The summed E-state index contributed by atoms with van der Waals surface area (Å²) in [5, 5.41) is 25.8. The van der Waals surface area contributed by atoms with Crippen molar-refractivity contribution in [2.24, 2.45) is 0 Å². The summed E-state index contributed by atoms with van der Waals surface area (Å²) in [5.41, 5.74) is 7.33. The van der Waals surface area contributed by atoms with Gasteiger partial charge in [-0.1, -0.05) is 72.8 Å². The summed E-state index contributed by atoms with van der Waals surface area (Å²) in [7, 11) is 0. The smallest absolute Gasteiger partial charge is 0.182 e. The molecule has 6 aromatic rings. The van der Waals surface area contributed by atoms with E-state index in [2.05, 4.69) is 48.6 Å². The van der Waals surface area contributed by atoms with Crippen molar-refractivity contribution in [2.75, 3.05) is 0 Å². The molecule has 2 aromatic heterocycles. The molecule has 8 rings (SSSR count). The monoisotopic (exact) mass is 496 g/mol. The van der Waals surface area contributed by atoms with Crippen LogP contribution >= 0.6 is 0 Å². The van der Waals surface area contributed by atoms with E-state index < -0.39 is 0 Å². The van der Waals surface area contributed by atoms with Gasteiger partial charge in [-0.05, 0) is 70.8 Å². The minimum absolute atomic E-state index is 0.0780. The molecule has 2 aliphatic carbocycles. The molecule has 0 fully saturated rings. The van der Waals surface area contributed by atoms with Crippen LogP contribution in [0, 0.1) is 0 Å². The number of rotatable bonds is 2. The first-order valence-electron chi connectivity index (χ1n) is 13.1. The Bertz CT molecular complexity index is 1850. The summed E-state index contributed by atoms with van der Waals surface area (Å²) in [6, 6.07) is 20.1. The third kappa shape index (κ3) is 2.97. The van der Waals surface area contributed by atoms with Crippen LogP contribution in [-0.4, -0.2) is 10.2 Å². The summed E-state index contributed by atoms with van der Waals surface area (Å²) >= 11 is 0. The molecule has 0 aliphatic heterocycles. The average Bonchev–Trinajstić information content (AvgIpc) is 3.50. The number of allylic oxidation sites excluding steroid dienone is 2. The fourth-order valence-corrected chi connectivity index (χ4v) is 6.11. The third-order valence-electron chi connectivity index (χ3n) is 8.01. The molecule has 38 heavy (non-hydrogen) atoms. The molecular weight excluding hydrogens is 472 g/mol. The highest BCUT2D eigenvalue weighted by molar-refractivity contribution is 6.27. The van der Waals surface area contributed by atoms with Crippen LogP contribution in [0.2, 0.25) is 0 Å². The standard InChI is InChI=1S/C34H24O4/c35-29-27-25-11-5-6-12-26(25)28-30(36)32(24-16-14-20-8-2-4-10-22(20)18-24)38-34(28)33(27)37-31(29)23-15-13-19-7-1-3-9-21(19)17-23/h3-6,9-18,35-36H,1-2,7-8H2. The van der Waals surface area contributed by atoms with Crippen molar-refractivity contribution in [2.45, 2.75) is 25.7 Å². The van der Waals surface area contributed by atoms with Gasteiger partial charge >= 0.3 is 0 Å². The van der Waals surface area contributed by atoms with E-state index in [4.69, 9.17) is 8.83 Å². The van der Waals surface area contributed by atoms with Gasteiger partial charge in [0, 0.05) is 11.1 Å². The molecule has 4 nitrogen and oxygen atoms in total. The van der Waals surface area contributed by atoms with Gasteiger partial charge in [0.25, 0.3) is 0 Å². The van der Waals surface area contributed by atoms with Gasteiger partial charge in [-0.3, -0.25) is 0 Å². The maximum Gasteiger partial charge on any atom is 0.182 e. The van der Waals surface area contributed by atoms with E-state index in [1.807, 2.05) is 36.4 Å². The van der Waals surface area contributed by atoms with Crippen LogP contribution in [0.15, 0.2) is 81.7 Å². The lowest BCUT2D eigenvalue weighted by Crippen LogP contribution is -1.93. The molecule has 0 bridgehead atoms. The second kappa shape index (κ2) is 7.90. The highest BCUT2D eigenvalue weighted by Gasteiger charge is 2.27. The molecule has 184 valence electrons. The Hall–Kier alpha value is -4.70. The quantitative estimate of drug-likeness (QED) is 0.251. The van der Waals surface area contributed by atoms with Crippen LogP contribution in [0.3, 0.4) is 0 Å². The maximum absolute atomic E-state index is 11.5. The number of furan rings is 2. The Morgan fingerprint density at radius 1 is 0.579 bits per heavy atom. The number of fused-ring (bicyclic) bond motifs is 8. The molecule has 0 saturated heterocycles. The Balaban J connectivity index is 1.42. The predicted molar refractivity (Wildman–Crippen MR) is 152 cm³/mol. The lowest BCUT2D eigenvalue weighted by Gasteiger charge is -2.11. The molecule has 4 heteroatoms. The van der Waals surface area contributed by atoms with Gasteiger partial charge in [0.1, 0.15) is 0 Å². The number of hydrogen-bond donors (Lipinski definition) is 2. The normalized spacial score (nSPS) is 14.4. The molecule has 0 atom stereocenters. The molecule has 2 heterocycles. The van der Waals surface area contributed by atoms with Crippen LogP contribution < -0.4 is 0 Å². The average molecular weight is 497 g/mol. The van der Waals surface area contributed by atoms with Crippen LogP contribution in [0.5, 0.6) is 11.5 Å². The van der Waals surface area contributed by atoms with Crippen molar-refractivity contribution in [3.05, 3.63) is 95.1 Å². The fraction of sp³-hybridized carbons (Fsp3) is 0.118. The minimum atomic E-state index is 0.0780. The summed E-state index contributed by atoms with van der Waals surface area (Å²) in [6.07, 6.45) is 12.7. The zero-order valence-electron chi connectivity index (χ0n) is 20.6. The highest BCUT2D eigenvalue weighted by atomic mass is 16.4. The zero-order chi connectivity index (χ0) is 25.4. The lowest BCUT2D eigenvalue weighted by molar-refractivity contribution is 0.468. The van der Waals surface area contributed by atoms with Crippen molar-refractivity contribution in [1.29, 1.82) is 0 Å². The predicted octanol–water partition coefficient (Wildman–Crippen LogP) is 9.00. The van der Waals surface area contributed by atoms with E-state index in [-0.39, 0.29) is 11.5 Å². The molecular formula is C34H24O4. The molecule has 0 amide bonds. The SMILES string of the molecule is Oc1c(-c2ccc3c(c2)C=CCC3)oc2c3oc(-c4ccc5c(c4)C=CCC5)c(O)c3c3ccccc3c12. The van der Waals surface area contributed by atoms with Crippen molar-refractivity contribution in [3.63, 3.8) is 0 Å². The van der Waals surface area contributed by atoms with E-state index in [0.717, 1.165) is 58.7 Å². The first-order valence-corrected chi connectivity index (χ1v) is 13.1. The maximum atomic E-state index is 11.5. The first kappa shape index (κ1) is 21.4. The van der Waals surface area contributed by atoms with Gasteiger partial charge in [-0.15, -0.1) is 0 Å². The van der Waals surface area contributed by atoms with Crippen molar-refractivity contribution < 1.29 is 19.0 Å². The molecule has 0 spiro atoms. The van der Waals surface area contributed by atoms with Gasteiger partial charge in [-0.2, -0.15) is 0 Å². The highest BCUT2D eigenvalue weighted by Crippen LogP contribution is 2.51. The first-order chi connectivity index (χ1) is 18.7. The fourth-order valence-electron chi connectivity index (χ4n) is 6.11. The second-order valence-corrected chi connectivity index (χ2v) is 10.2. The van der Waals surface area contributed by atoms with Crippen LogP contribution in [0.25, 0.3) is 67.5 Å². The lowest BCUT2D eigenvalue weighted by atomic mass is 9.94. The number of aryl methyl sites for hydroxylation is 2. The van der Waals surface area contributed by atoms with Gasteiger partial charge in [0.2, 0.25) is 0 Å². The molecule has 2 aliphatic rings. The molecule has 0 unspecified atom stereocenters. The van der Waals surface area contributed by atoms with Crippen molar-refractivity contribution in [3.8, 4) is 34.1 Å². The van der Waals surface area contributed by atoms with Crippen LogP contribution in [0.4, 0.5) is 0 Å². The van der Waals surface area contributed by atoms with Crippen molar-refractivity contribution >= 4 is 44.9 Å². The molecule has 0 saturated carbocycles. The summed E-state index contributed by atoms with van der Waals surface area (Å²) in [5.74, 6) is 0.954. The second-order valence-electron chi connectivity index (χ2n) is 10.2. The van der Waals surface area contributed by atoms with Gasteiger partial charge in [0.15, 0.2) is 34.2 Å². The van der Waals surface area contributed by atoms with E-state index >= 15 is 0 Å². The van der Waals surface area contributed by atoms with Gasteiger partial charge < -0.3 is 19.0 Å².